The third kappa shape index (κ3) is 3.37. The van der Waals surface area contributed by atoms with Gasteiger partial charge in [0.1, 0.15) is 0 Å². The number of halogens is 2. The fourth-order valence-electron chi connectivity index (χ4n) is 1.98. The van der Waals surface area contributed by atoms with Crippen LogP contribution in [0.5, 0.6) is 0 Å². The lowest BCUT2D eigenvalue weighted by Gasteiger charge is -2.17. The van der Waals surface area contributed by atoms with E-state index in [1.807, 2.05) is 0 Å². The summed E-state index contributed by atoms with van der Waals surface area (Å²) >= 11 is 11.8. The number of aliphatic hydroxyl groups is 1. The number of carbonyl (C=O) groups is 1. The van der Waals surface area contributed by atoms with Crippen molar-refractivity contribution in [3.05, 3.63) is 33.8 Å². The van der Waals surface area contributed by atoms with Gasteiger partial charge in [0, 0.05) is 17.7 Å². The molecular weight excluding hydrogens is 273 g/mol. The molecule has 1 fully saturated rings. The Balaban J connectivity index is 2.05. The Hall–Kier alpha value is -0.770. The molecule has 98 valence electrons. The first-order valence-electron chi connectivity index (χ1n) is 5.98. The fourth-order valence-corrected chi connectivity index (χ4v) is 2.48. The molecule has 1 aromatic rings. The highest BCUT2D eigenvalue weighted by Gasteiger charge is 2.32. The van der Waals surface area contributed by atoms with E-state index in [1.54, 1.807) is 18.2 Å². The SMILES string of the molecule is O=C(NC(CCO)C1CC1)c1ccc(Cl)cc1Cl. The van der Waals surface area contributed by atoms with E-state index in [0.717, 1.165) is 12.8 Å². The van der Waals surface area contributed by atoms with Crippen molar-refractivity contribution >= 4 is 29.1 Å². The van der Waals surface area contributed by atoms with Crippen LogP contribution in [0.1, 0.15) is 29.6 Å². The second-order valence-corrected chi connectivity index (χ2v) is 5.40. The third-order valence-corrected chi connectivity index (χ3v) is 3.67. The molecule has 1 saturated carbocycles. The minimum absolute atomic E-state index is 0.0363. The standard InChI is InChI=1S/C13H15Cl2NO2/c14-9-3-4-10(11(15)7-9)13(18)16-12(5-6-17)8-1-2-8/h3-4,7-8,12,17H,1-2,5-6H2,(H,16,18). The summed E-state index contributed by atoms with van der Waals surface area (Å²) in [6.45, 7) is 0.0792. The molecule has 1 aliphatic carbocycles. The van der Waals surface area contributed by atoms with Crippen molar-refractivity contribution in [1.82, 2.24) is 5.32 Å². The van der Waals surface area contributed by atoms with E-state index in [0.29, 0.717) is 27.9 Å². The lowest BCUT2D eigenvalue weighted by atomic mass is 10.1. The zero-order valence-corrected chi connectivity index (χ0v) is 11.3. The molecule has 0 saturated heterocycles. The number of carbonyl (C=O) groups excluding carboxylic acids is 1. The van der Waals surface area contributed by atoms with Crippen LogP contribution in [0, 0.1) is 5.92 Å². The molecule has 5 heteroatoms. The second kappa shape index (κ2) is 5.91. The zero-order chi connectivity index (χ0) is 13.1. The Labute approximate surface area is 116 Å². The van der Waals surface area contributed by atoms with Crippen LogP contribution in [0.15, 0.2) is 18.2 Å². The van der Waals surface area contributed by atoms with E-state index >= 15 is 0 Å². The summed E-state index contributed by atoms with van der Waals surface area (Å²) in [7, 11) is 0. The largest absolute Gasteiger partial charge is 0.396 e. The van der Waals surface area contributed by atoms with E-state index < -0.39 is 0 Å². The monoisotopic (exact) mass is 287 g/mol. The Morgan fingerprint density at radius 1 is 1.44 bits per heavy atom. The number of benzene rings is 1. The Bertz CT molecular complexity index is 447. The summed E-state index contributed by atoms with van der Waals surface area (Å²) in [5, 5.41) is 12.8. The minimum Gasteiger partial charge on any atom is -0.396 e. The van der Waals surface area contributed by atoms with E-state index in [1.165, 1.54) is 0 Å². The van der Waals surface area contributed by atoms with E-state index in [4.69, 9.17) is 28.3 Å². The molecule has 1 aromatic carbocycles. The van der Waals surface area contributed by atoms with Crippen molar-refractivity contribution in [2.75, 3.05) is 6.61 Å². The van der Waals surface area contributed by atoms with Crippen molar-refractivity contribution in [3.8, 4) is 0 Å². The van der Waals surface area contributed by atoms with E-state index in [-0.39, 0.29) is 18.6 Å². The first kappa shape index (κ1) is 13.7. The van der Waals surface area contributed by atoms with Crippen LogP contribution in [-0.4, -0.2) is 23.7 Å². The van der Waals surface area contributed by atoms with Gasteiger partial charge in [0.05, 0.1) is 10.6 Å². The maximum atomic E-state index is 12.1. The quantitative estimate of drug-likeness (QED) is 0.875. The molecule has 3 nitrogen and oxygen atoms in total. The molecular formula is C13H15Cl2NO2. The summed E-state index contributed by atoms with van der Waals surface area (Å²) < 4.78 is 0. The maximum Gasteiger partial charge on any atom is 0.253 e. The second-order valence-electron chi connectivity index (χ2n) is 4.55. The van der Waals surface area contributed by atoms with Gasteiger partial charge in [-0.2, -0.15) is 0 Å². The number of hydrogen-bond acceptors (Lipinski definition) is 2. The number of hydrogen-bond donors (Lipinski definition) is 2. The predicted molar refractivity (Wildman–Crippen MR) is 72.1 cm³/mol. The minimum atomic E-state index is -0.206. The van der Waals surface area contributed by atoms with Gasteiger partial charge in [-0.25, -0.2) is 0 Å². The van der Waals surface area contributed by atoms with E-state index in [2.05, 4.69) is 5.32 Å². The first-order valence-corrected chi connectivity index (χ1v) is 6.74. The van der Waals surface area contributed by atoms with Crippen LogP contribution in [0.2, 0.25) is 10.0 Å². The first-order chi connectivity index (χ1) is 8.61. The average Bonchev–Trinajstić information content (AvgIpc) is 3.11. The van der Waals surface area contributed by atoms with Crippen molar-refractivity contribution in [1.29, 1.82) is 0 Å². The molecule has 0 heterocycles. The number of amides is 1. The van der Waals surface area contributed by atoms with Crippen molar-refractivity contribution in [2.24, 2.45) is 5.92 Å². The van der Waals surface area contributed by atoms with Gasteiger partial charge in [-0.3, -0.25) is 4.79 Å². The van der Waals surface area contributed by atoms with Gasteiger partial charge in [0.25, 0.3) is 5.91 Å². The zero-order valence-electron chi connectivity index (χ0n) is 9.83. The lowest BCUT2D eigenvalue weighted by molar-refractivity contribution is 0.0924. The van der Waals surface area contributed by atoms with Crippen LogP contribution >= 0.6 is 23.2 Å². The van der Waals surface area contributed by atoms with Gasteiger partial charge in [0.15, 0.2) is 0 Å². The van der Waals surface area contributed by atoms with Crippen molar-refractivity contribution < 1.29 is 9.90 Å². The molecule has 2 N–H and O–H groups in total. The smallest absolute Gasteiger partial charge is 0.253 e. The summed E-state index contributed by atoms with van der Waals surface area (Å²) in [6, 6.07) is 4.84. The normalized spacial score (nSPS) is 16.4. The lowest BCUT2D eigenvalue weighted by Crippen LogP contribution is -2.37. The highest BCUT2D eigenvalue weighted by molar-refractivity contribution is 6.36. The fraction of sp³-hybridized carbons (Fsp3) is 0.462. The van der Waals surface area contributed by atoms with Crippen molar-refractivity contribution in [2.45, 2.75) is 25.3 Å². The summed E-state index contributed by atoms with van der Waals surface area (Å²) in [5.74, 6) is 0.286. The molecule has 0 spiro atoms. The van der Waals surface area contributed by atoms with Crippen LogP contribution in [0.25, 0.3) is 0 Å². The topological polar surface area (TPSA) is 49.3 Å². The number of rotatable bonds is 5. The van der Waals surface area contributed by atoms with Gasteiger partial charge in [0.2, 0.25) is 0 Å². The third-order valence-electron chi connectivity index (χ3n) is 3.12. The van der Waals surface area contributed by atoms with Crippen LogP contribution in [-0.2, 0) is 0 Å². The average molecular weight is 288 g/mol. The molecule has 0 aromatic heterocycles. The molecule has 2 rings (SSSR count). The van der Waals surface area contributed by atoms with Crippen LogP contribution in [0.4, 0.5) is 0 Å². The highest BCUT2D eigenvalue weighted by Crippen LogP contribution is 2.34. The van der Waals surface area contributed by atoms with Crippen molar-refractivity contribution in [3.63, 3.8) is 0 Å². The molecule has 1 atom stereocenters. The van der Waals surface area contributed by atoms with E-state index in [9.17, 15) is 4.79 Å². The summed E-state index contributed by atoms with van der Waals surface area (Å²) in [5.41, 5.74) is 0.421. The van der Waals surface area contributed by atoms with Crippen LogP contribution in [0.3, 0.4) is 0 Å². The molecule has 1 amide bonds. The van der Waals surface area contributed by atoms with Gasteiger partial charge < -0.3 is 10.4 Å². The molecule has 0 radical (unpaired) electrons. The van der Waals surface area contributed by atoms with Gasteiger partial charge in [-0.1, -0.05) is 23.2 Å². The van der Waals surface area contributed by atoms with Crippen LogP contribution < -0.4 is 5.32 Å². The number of aliphatic hydroxyl groups excluding tert-OH is 1. The highest BCUT2D eigenvalue weighted by atomic mass is 35.5. The molecule has 0 aliphatic heterocycles. The predicted octanol–water partition coefficient (Wildman–Crippen LogP) is 2.88. The molecule has 1 aliphatic rings. The summed E-state index contributed by atoms with van der Waals surface area (Å²) in [6.07, 6.45) is 2.81. The van der Waals surface area contributed by atoms with Gasteiger partial charge in [-0.05, 0) is 43.4 Å². The Kier molecular flexibility index (Phi) is 4.49. The Morgan fingerprint density at radius 3 is 2.72 bits per heavy atom. The molecule has 18 heavy (non-hydrogen) atoms. The molecule has 1 unspecified atom stereocenters. The molecule has 0 bridgehead atoms. The number of nitrogens with one attached hydrogen (secondary N) is 1. The van der Waals surface area contributed by atoms with Gasteiger partial charge in [-0.15, -0.1) is 0 Å². The maximum absolute atomic E-state index is 12.1. The van der Waals surface area contributed by atoms with Gasteiger partial charge >= 0.3 is 0 Å². The summed E-state index contributed by atoms with van der Waals surface area (Å²) in [4.78, 5) is 12.1. The Morgan fingerprint density at radius 2 is 2.17 bits per heavy atom.